The van der Waals surface area contributed by atoms with Crippen LogP contribution in [0.15, 0.2) is 17.5 Å². The van der Waals surface area contributed by atoms with Crippen molar-refractivity contribution in [2.75, 3.05) is 19.6 Å². The second kappa shape index (κ2) is 6.68. The van der Waals surface area contributed by atoms with E-state index < -0.39 is 0 Å². The number of primary amides is 1. The average molecular weight is 281 g/mol. The molecular formula is C13H19N3O2S. The van der Waals surface area contributed by atoms with Gasteiger partial charge in [0.15, 0.2) is 0 Å². The van der Waals surface area contributed by atoms with Crippen molar-refractivity contribution >= 4 is 23.2 Å². The Morgan fingerprint density at radius 2 is 2.16 bits per heavy atom. The number of nitrogens with zero attached hydrogens (tertiary/aromatic N) is 1. The molecule has 0 atom stereocenters. The third-order valence-corrected chi connectivity index (χ3v) is 4.27. The second-order valence-electron chi connectivity index (χ2n) is 4.81. The Morgan fingerprint density at radius 1 is 1.42 bits per heavy atom. The molecular weight excluding hydrogens is 262 g/mol. The van der Waals surface area contributed by atoms with E-state index in [-0.39, 0.29) is 17.7 Å². The molecule has 6 heteroatoms. The van der Waals surface area contributed by atoms with Gasteiger partial charge in [-0.3, -0.25) is 14.5 Å². The van der Waals surface area contributed by atoms with Crippen LogP contribution in [0, 0.1) is 5.92 Å². The number of piperidine rings is 1. The van der Waals surface area contributed by atoms with Gasteiger partial charge in [0.25, 0.3) is 0 Å². The highest BCUT2D eigenvalue weighted by molar-refractivity contribution is 7.09. The number of hydrogen-bond acceptors (Lipinski definition) is 4. The topological polar surface area (TPSA) is 75.4 Å². The third kappa shape index (κ3) is 4.33. The predicted octanol–water partition coefficient (Wildman–Crippen LogP) is 0.562. The van der Waals surface area contributed by atoms with Crippen LogP contribution < -0.4 is 11.1 Å². The quantitative estimate of drug-likeness (QED) is 0.828. The molecule has 2 rings (SSSR count). The molecule has 1 aliphatic rings. The van der Waals surface area contributed by atoms with E-state index in [9.17, 15) is 9.59 Å². The van der Waals surface area contributed by atoms with Crippen LogP contribution in [0.25, 0.3) is 0 Å². The summed E-state index contributed by atoms with van der Waals surface area (Å²) in [7, 11) is 0. The first-order chi connectivity index (χ1) is 9.15. The average Bonchev–Trinajstić information content (AvgIpc) is 2.90. The predicted molar refractivity (Wildman–Crippen MR) is 74.5 cm³/mol. The van der Waals surface area contributed by atoms with Gasteiger partial charge in [0.2, 0.25) is 11.8 Å². The Hall–Kier alpha value is -1.40. The Bertz CT molecular complexity index is 425. The first-order valence-electron chi connectivity index (χ1n) is 6.46. The lowest BCUT2D eigenvalue weighted by Gasteiger charge is -2.29. The minimum Gasteiger partial charge on any atom is -0.369 e. The zero-order valence-corrected chi connectivity index (χ0v) is 11.6. The highest BCUT2D eigenvalue weighted by Gasteiger charge is 2.23. The van der Waals surface area contributed by atoms with Gasteiger partial charge in [0.1, 0.15) is 0 Å². The van der Waals surface area contributed by atoms with Gasteiger partial charge < -0.3 is 11.1 Å². The van der Waals surface area contributed by atoms with Gasteiger partial charge in [-0.05, 0) is 37.4 Å². The maximum atomic E-state index is 11.8. The van der Waals surface area contributed by atoms with Crippen molar-refractivity contribution in [2.24, 2.45) is 11.7 Å². The second-order valence-corrected chi connectivity index (χ2v) is 5.84. The Balaban J connectivity index is 1.67. The van der Waals surface area contributed by atoms with Crippen molar-refractivity contribution < 1.29 is 9.59 Å². The number of amides is 2. The number of thiophene rings is 1. The fourth-order valence-corrected chi connectivity index (χ4v) is 2.88. The third-order valence-electron chi connectivity index (χ3n) is 3.40. The number of carbonyl (C=O) groups is 2. The standard InChI is InChI=1S/C13H19N3O2S/c14-13(18)10-3-5-16(6-4-10)9-12(17)15-8-11-2-1-7-19-11/h1-2,7,10H,3-6,8-9H2,(H2,14,18)(H,15,17). The lowest BCUT2D eigenvalue weighted by Crippen LogP contribution is -2.43. The molecule has 1 aromatic rings. The monoisotopic (exact) mass is 281 g/mol. The van der Waals surface area contributed by atoms with Crippen molar-refractivity contribution in [3.63, 3.8) is 0 Å². The number of carbonyl (C=O) groups excluding carboxylic acids is 2. The smallest absolute Gasteiger partial charge is 0.234 e. The summed E-state index contributed by atoms with van der Waals surface area (Å²) in [5.74, 6) is -0.210. The van der Waals surface area contributed by atoms with Crippen LogP contribution in [0.1, 0.15) is 17.7 Å². The fourth-order valence-electron chi connectivity index (χ4n) is 2.23. The summed E-state index contributed by atoms with van der Waals surface area (Å²) in [5, 5.41) is 4.90. The molecule has 1 aromatic heterocycles. The molecule has 3 N–H and O–H groups in total. The lowest BCUT2D eigenvalue weighted by atomic mass is 9.96. The summed E-state index contributed by atoms with van der Waals surface area (Å²) in [6.07, 6.45) is 1.51. The summed E-state index contributed by atoms with van der Waals surface area (Å²) >= 11 is 1.63. The maximum absolute atomic E-state index is 11.8. The summed E-state index contributed by atoms with van der Waals surface area (Å²) < 4.78 is 0. The van der Waals surface area contributed by atoms with Crippen LogP contribution in [0.4, 0.5) is 0 Å². The summed E-state index contributed by atoms with van der Waals surface area (Å²) in [4.78, 5) is 26.1. The molecule has 0 spiro atoms. The highest BCUT2D eigenvalue weighted by Crippen LogP contribution is 2.16. The molecule has 2 heterocycles. The largest absolute Gasteiger partial charge is 0.369 e. The number of rotatable bonds is 5. The summed E-state index contributed by atoms with van der Waals surface area (Å²) in [5.41, 5.74) is 5.28. The Kier molecular flexibility index (Phi) is 4.93. The molecule has 1 aliphatic heterocycles. The van der Waals surface area contributed by atoms with E-state index in [4.69, 9.17) is 5.73 Å². The van der Waals surface area contributed by atoms with Crippen molar-refractivity contribution in [1.82, 2.24) is 10.2 Å². The zero-order valence-electron chi connectivity index (χ0n) is 10.8. The molecule has 2 amide bonds. The van der Waals surface area contributed by atoms with E-state index in [2.05, 4.69) is 10.2 Å². The van der Waals surface area contributed by atoms with Crippen LogP contribution in [0.5, 0.6) is 0 Å². The van der Waals surface area contributed by atoms with Crippen LogP contribution in [-0.2, 0) is 16.1 Å². The fraction of sp³-hybridized carbons (Fsp3) is 0.538. The van der Waals surface area contributed by atoms with Crippen LogP contribution in [-0.4, -0.2) is 36.3 Å². The van der Waals surface area contributed by atoms with E-state index in [1.54, 1.807) is 11.3 Å². The van der Waals surface area contributed by atoms with Gasteiger partial charge in [0, 0.05) is 10.8 Å². The van der Waals surface area contributed by atoms with Gasteiger partial charge >= 0.3 is 0 Å². The van der Waals surface area contributed by atoms with Gasteiger partial charge in [-0.25, -0.2) is 0 Å². The zero-order chi connectivity index (χ0) is 13.7. The molecule has 0 aromatic carbocycles. The summed E-state index contributed by atoms with van der Waals surface area (Å²) in [6, 6.07) is 3.98. The van der Waals surface area contributed by atoms with E-state index in [0.717, 1.165) is 30.8 Å². The first kappa shape index (κ1) is 14.0. The number of nitrogens with one attached hydrogen (secondary N) is 1. The minimum absolute atomic E-state index is 0.0228. The lowest BCUT2D eigenvalue weighted by molar-refractivity contribution is -0.124. The van der Waals surface area contributed by atoms with E-state index in [1.165, 1.54) is 0 Å². The SMILES string of the molecule is NC(=O)C1CCN(CC(=O)NCc2cccs2)CC1. The minimum atomic E-state index is -0.221. The molecule has 0 saturated carbocycles. The number of nitrogens with two attached hydrogens (primary N) is 1. The molecule has 104 valence electrons. The highest BCUT2D eigenvalue weighted by atomic mass is 32.1. The van der Waals surface area contributed by atoms with E-state index in [0.29, 0.717) is 13.1 Å². The van der Waals surface area contributed by atoms with Gasteiger partial charge in [-0.2, -0.15) is 0 Å². The van der Waals surface area contributed by atoms with Crippen molar-refractivity contribution in [3.05, 3.63) is 22.4 Å². The normalized spacial score (nSPS) is 17.3. The molecule has 0 bridgehead atoms. The van der Waals surface area contributed by atoms with Crippen LogP contribution in [0.2, 0.25) is 0 Å². The van der Waals surface area contributed by atoms with Crippen molar-refractivity contribution in [3.8, 4) is 0 Å². The maximum Gasteiger partial charge on any atom is 0.234 e. The summed E-state index contributed by atoms with van der Waals surface area (Å²) in [6.45, 7) is 2.52. The van der Waals surface area contributed by atoms with Crippen LogP contribution >= 0.6 is 11.3 Å². The molecule has 19 heavy (non-hydrogen) atoms. The van der Waals surface area contributed by atoms with Gasteiger partial charge in [-0.15, -0.1) is 11.3 Å². The molecule has 5 nitrogen and oxygen atoms in total. The molecule has 0 unspecified atom stereocenters. The molecule has 1 fully saturated rings. The van der Waals surface area contributed by atoms with E-state index in [1.807, 2.05) is 17.5 Å². The van der Waals surface area contributed by atoms with Gasteiger partial charge in [-0.1, -0.05) is 6.07 Å². The number of hydrogen-bond donors (Lipinski definition) is 2. The Morgan fingerprint density at radius 3 is 2.74 bits per heavy atom. The molecule has 0 aliphatic carbocycles. The Labute approximate surface area is 116 Å². The first-order valence-corrected chi connectivity index (χ1v) is 7.34. The van der Waals surface area contributed by atoms with Gasteiger partial charge in [0.05, 0.1) is 13.1 Å². The molecule has 1 saturated heterocycles. The van der Waals surface area contributed by atoms with Crippen molar-refractivity contribution in [2.45, 2.75) is 19.4 Å². The molecule has 0 radical (unpaired) electrons. The van der Waals surface area contributed by atoms with E-state index >= 15 is 0 Å². The number of likely N-dealkylation sites (tertiary alicyclic amines) is 1. The van der Waals surface area contributed by atoms with Crippen LogP contribution in [0.3, 0.4) is 0 Å². The van der Waals surface area contributed by atoms with Crippen molar-refractivity contribution in [1.29, 1.82) is 0 Å².